The number of rotatable bonds is 5. The summed E-state index contributed by atoms with van der Waals surface area (Å²) in [5.41, 5.74) is 8.59. The Bertz CT molecular complexity index is 909. The molecule has 0 amide bonds. The Morgan fingerprint density at radius 1 is 1.07 bits per heavy atom. The van der Waals surface area contributed by atoms with Crippen LogP contribution in [0.25, 0.3) is 10.9 Å². The van der Waals surface area contributed by atoms with Crippen molar-refractivity contribution < 1.29 is 15.3 Å². The van der Waals surface area contributed by atoms with Crippen LogP contribution in [0.1, 0.15) is 38.0 Å². The molecule has 0 saturated heterocycles. The molecule has 1 aromatic heterocycles. The fourth-order valence-electron chi connectivity index (χ4n) is 3.11. The Morgan fingerprint density at radius 3 is 2.28 bits per heavy atom. The maximum Gasteiger partial charge on any atom is 0.119 e. The summed E-state index contributed by atoms with van der Waals surface area (Å²) in [4.78, 5) is 0. The van der Waals surface area contributed by atoms with E-state index in [4.69, 9.17) is 5.73 Å². The van der Waals surface area contributed by atoms with Crippen LogP contribution in [0.2, 0.25) is 0 Å². The highest BCUT2D eigenvalue weighted by molar-refractivity contribution is 5.83. The maximum atomic E-state index is 9.85. The summed E-state index contributed by atoms with van der Waals surface area (Å²) in [7, 11) is 2.07. The van der Waals surface area contributed by atoms with Gasteiger partial charge in [-0.2, -0.15) is 0 Å². The van der Waals surface area contributed by atoms with Gasteiger partial charge < -0.3 is 30.9 Å². The molecule has 6 heteroatoms. The molecule has 0 bridgehead atoms. The van der Waals surface area contributed by atoms with Gasteiger partial charge in [-0.3, -0.25) is 0 Å². The number of nitrogens with one attached hydrogen (secondary N) is 1. The molecule has 0 aliphatic carbocycles. The highest BCUT2D eigenvalue weighted by atomic mass is 16.3. The first kappa shape index (κ1) is 22.7. The third-order valence-electron chi connectivity index (χ3n) is 4.53. The number of fused-ring (bicyclic) bond motifs is 1. The number of hydrogen-bond acceptors (Lipinski definition) is 5. The van der Waals surface area contributed by atoms with Gasteiger partial charge in [-0.1, -0.05) is 18.2 Å². The van der Waals surface area contributed by atoms with Crippen LogP contribution in [0, 0.1) is 0 Å². The normalized spacial score (nSPS) is 12.5. The lowest BCUT2D eigenvalue weighted by atomic mass is 10.1. The van der Waals surface area contributed by atoms with E-state index in [-0.39, 0.29) is 17.0 Å². The van der Waals surface area contributed by atoms with E-state index in [9.17, 15) is 15.3 Å². The molecular formula is C23H33N3O3. The number of phenolic OH excluding ortho intramolecular Hbond substituents is 2. The molecule has 0 saturated carbocycles. The van der Waals surface area contributed by atoms with Gasteiger partial charge in [-0.15, -0.1) is 0 Å². The molecule has 0 spiro atoms. The number of aromatic hydroxyl groups is 2. The van der Waals surface area contributed by atoms with E-state index in [2.05, 4.69) is 47.4 Å². The molecule has 3 aromatic rings. The number of nitrogens with two attached hydrogens (primary N) is 1. The van der Waals surface area contributed by atoms with Crippen molar-refractivity contribution in [2.24, 2.45) is 12.8 Å². The molecular weight excluding hydrogens is 366 g/mol. The number of aliphatic hydroxyl groups is 1. The van der Waals surface area contributed by atoms with E-state index in [0.29, 0.717) is 18.7 Å². The van der Waals surface area contributed by atoms with Crippen LogP contribution >= 0.6 is 0 Å². The van der Waals surface area contributed by atoms with Gasteiger partial charge in [0.25, 0.3) is 0 Å². The number of aryl methyl sites for hydroxylation is 1. The summed E-state index contributed by atoms with van der Waals surface area (Å²) in [6.45, 7) is 7.08. The van der Waals surface area contributed by atoms with E-state index in [0.717, 1.165) is 6.42 Å². The SMILES string of the molecule is CC(C)(C)NCC(O)c1cc(O)cc(O)c1.Cn1cc(CCN)c2ccccc21. The second kappa shape index (κ2) is 9.78. The first-order valence-corrected chi connectivity index (χ1v) is 9.79. The minimum atomic E-state index is -0.753. The van der Waals surface area contributed by atoms with Crippen LogP contribution < -0.4 is 11.1 Å². The van der Waals surface area contributed by atoms with Gasteiger partial charge >= 0.3 is 0 Å². The zero-order valence-electron chi connectivity index (χ0n) is 17.7. The summed E-state index contributed by atoms with van der Waals surface area (Å²) in [5.74, 6) is -0.102. The fraction of sp³-hybridized carbons (Fsp3) is 0.391. The Hall–Kier alpha value is -2.54. The van der Waals surface area contributed by atoms with Crippen LogP contribution in [0.3, 0.4) is 0 Å². The predicted molar refractivity (Wildman–Crippen MR) is 118 cm³/mol. The largest absolute Gasteiger partial charge is 0.508 e. The topological polar surface area (TPSA) is 104 Å². The lowest BCUT2D eigenvalue weighted by Gasteiger charge is -2.23. The minimum absolute atomic E-state index is 0.0511. The molecule has 3 rings (SSSR count). The zero-order chi connectivity index (χ0) is 21.6. The van der Waals surface area contributed by atoms with E-state index in [1.807, 2.05) is 20.8 Å². The molecule has 0 fully saturated rings. The van der Waals surface area contributed by atoms with Crippen LogP contribution in [0.5, 0.6) is 11.5 Å². The van der Waals surface area contributed by atoms with Crippen molar-refractivity contribution in [3.63, 3.8) is 0 Å². The molecule has 1 atom stereocenters. The average molecular weight is 400 g/mol. The van der Waals surface area contributed by atoms with Crippen LogP contribution in [0.15, 0.2) is 48.7 Å². The molecule has 0 aliphatic heterocycles. The van der Waals surface area contributed by atoms with Gasteiger partial charge in [0.15, 0.2) is 0 Å². The van der Waals surface area contributed by atoms with Gasteiger partial charge in [-0.05, 0) is 63.1 Å². The molecule has 158 valence electrons. The van der Waals surface area contributed by atoms with Gasteiger partial charge in [0.1, 0.15) is 11.5 Å². The van der Waals surface area contributed by atoms with Crippen molar-refractivity contribution in [3.05, 3.63) is 59.8 Å². The van der Waals surface area contributed by atoms with Crippen LogP contribution in [0.4, 0.5) is 0 Å². The van der Waals surface area contributed by atoms with E-state index < -0.39 is 6.10 Å². The van der Waals surface area contributed by atoms with Gasteiger partial charge in [0.05, 0.1) is 6.10 Å². The number of β-amino-alcohol motifs (C(OH)–C–C–N with tert-alkyl or cyclic N) is 1. The highest BCUT2D eigenvalue weighted by Gasteiger charge is 2.14. The second-order valence-electron chi connectivity index (χ2n) is 8.25. The molecule has 0 radical (unpaired) electrons. The Kier molecular flexibility index (Phi) is 7.67. The monoisotopic (exact) mass is 399 g/mol. The summed E-state index contributed by atoms with van der Waals surface area (Å²) in [6, 6.07) is 12.5. The quantitative estimate of drug-likeness (QED) is 0.453. The summed E-state index contributed by atoms with van der Waals surface area (Å²) in [6.07, 6.45) is 2.37. The van der Waals surface area contributed by atoms with Crippen molar-refractivity contribution in [1.82, 2.24) is 9.88 Å². The lowest BCUT2D eigenvalue weighted by Crippen LogP contribution is -2.38. The molecule has 29 heavy (non-hydrogen) atoms. The molecule has 2 aromatic carbocycles. The van der Waals surface area contributed by atoms with Crippen molar-refractivity contribution in [2.75, 3.05) is 13.1 Å². The zero-order valence-corrected chi connectivity index (χ0v) is 17.7. The maximum absolute atomic E-state index is 9.85. The van der Waals surface area contributed by atoms with Crippen LogP contribution in [-0.4, -0.2) is 38.5 Å². The Morgan fingerprint density at radius 2 is 1.69 bits per heavy atom. The fourth-order valence-corrected chi connectivity index (χ4v) is 3.11. The number of aliphatic hydroxyl groups excluding tert-OH is 1. The number of phenols is 2. The van der Waals surface area contributed by atoms with Crippen LogP contribution in [-0.2, 0) is 13.5 Å². The molecule has 6 N–H and O–H groups in total. The lowest BCUT2D eigenvalue weighted by molar-refractivity contribution is 0.162. The standard InChI is InChI=1S/C12H19NO3.C11H14N2/c1-12(2,3)13-7-11(16)8-4-9(14)6-10(15)5-8;1-13-8-9(6-7-12)10-4-2-3-5-11(10)13/h4-6,11,13-16H,7H2,1-3H3;2-5,8H,6-7,12H2,1H3. The highest BCUT2D eigenvalue weighted by Crippen LogP contribution is 2.25. The van der Waals surface area contributed by atoms with Gasteiger partial charge in [0.2, 0.25) is 0 Å². The van der Waals surface area contributed by atoms with E-state index in [1.54, 1.807) is 0 Å². The predicted octanol–water partition coefficient (Wildman–Crippen LogP) is 3.20. The second-order valence-corrected chi connectivity index (χ2v) is 8.25. The van der Waals surface area contributed by atoms with Gasteiger partial charge in [0, 0.05) is 42.3 Å². The van der Waals surface area contributed by atoms with Crippen molar-refractivity contribution in [1.29, 1.82) is 0 Å². The van der Waals surface area contributed by atoms with Crippen molar-refractivity contribution >= 4 is 10.9 Å². The summed E-state index contributed by atoms with van der Waals surface area (Å²) in [5, 5.41) is 32.9. The summed E-state index contributed by atoms with van der Waals surface area (Å²) >= 11 is 0. The molecule has 0 aliphatic rings. The average Bonchev–Trinajstić information content (AvgIpc) is 2.95. The number of para-hydroxylation sites is 1. The number of hydrogen-bond donors (Lipinski definition) is 5. The van der Waals surface area contributed by atoms with E-state index >= 15 is 0 Å². The third-order valence-corrected chi connectivity index (χ3v) is 4.53. The third kappa shape index (κ3) is 6.78. The molecule has 1 heterocycles. The minimum Gasteiger partial charge on any atom is -0.508 e. The molecule has 1 unspecified atom stereocenters. The summed E-state index contributed by atoms with van der Waals surface area (Å²) < 4.78 is 2.15. The smallest absolute Gasteiger partial charge is 0.119 e. The molecule has 6 nitrogen and oxygen atoms in total. The number of benzene rings is 2. The number of aromatic nitrogens is 1. The van der Waals surface area contributed by atoms with Crippen molar-refractivity contribution in [2.45, 2.75) is 38.8 Å². The first-order chi connectivity index (χ1) is 13.6. The van der Waals surface area contributed by atoms with Gasteiger partial charge in [-0.25, -0.2) is 0 Å². The Balaban J connectivity index is 0.000000211. The number of nitrogens with zero attached hydrogens (tertiary/aromatic N) is 1. The first-order valence-electron chi connectivity index (χ1n) is 9.79. The van der Waals surface area contributed by atoms with Crippen molar-refractivity contribution in [3.8, 4) is 11.5 Å². The Labute approximate surface area is 172 Å². The van der Waals surface area contributed by atoms with E-state index in [1.165, 1.54) is 34.7 Å².